The molecule has 3 nitrogen and oxygen atoms in total. The molecule has 0 spiro atoms. The van der Waals surface area contributed by atoms with Crippen LogP contribution in [0.5, 0.6) is 0 Å². The molecule has 4 heteroatoms. The summed E-state index contributed by atoms with van der Waals surface area (Å²) < 4.78 is 2.20. The topological polar surface area (TPSA) is 29.9 Å². The summed E-state index contributed by atoms with van der Waals surface area (Å²) in [5.74, 6) is 0.943. The minimum Gasteiger partial charge on any atom is -0.349 e. The molecule has 0 saturated heterocycles. The lowest BCUT2D eigenvalue weighted by Crippen LogP contribution is -2.11. The van der Waals surface area contributed by atoms with Crippen molar-refractivity contribution >= 4 is 17.5 Å². The molecule has 0 saturated carbocycles. The summed E-state index contributed by atoms with van der Waals surface area (Å²) in [6.07, 6.45) is 4.45. The van der Waals surface area contributed by atoms with E-state index in [0.29, 0.717) is 0 Å². The third kappa shape index (κ3) is 3.76. The molecule has 1 heterocycles. The van der Waals surface area contributed by atoms with E-state index in [1.165, 1.54) is 18.4 Å². The van der Waals surface area contributed by atoms with Gasteiger partial charge in [-0.25, -0.2) is 4.98 Å². The van der Waals surface area contributed by atoms with Crippen molar-refractivity contribution in [2.75, 3.05) is 5.32 Å². The van der Waals surface area contributed by atoms with Crippen molar-refractivity contribution in [1.82, 2.24) is 9.55 Å². The Kier molecular flexibility index (Phi) is 5.07. The lowest BCUT2D eigenvalue weighted by atomic mass is 10.1. The molecule has 0 radical (unpaired) electrons. The van der Waals surface area contributed by atoms with E-state index in [0.717, 1.165) is 23.2 Å². The first-order chi connectivity index (χ1) is 9.60. The van der Waals surface area contributed by atoms with Crippen molar-refractivity contribution in [3.63, 3.8) is 0 Å². The number of halogens is 1. The van der Waals surface area contributed by atoms with Crippen LogP contribution in [0.3, 0.4) is 0 Å². The average Bonchev–Trinajstić information content (AvgIpc) is 2.77. The Balaban J connectivity index is 2.10. The fourth-order valence-corrected chi connectivity index (χ4v) is 2.32. The van der Waals surface area contributed by atoms with E-state index in [9.17, 15) is 0 Å². The lowest BCUT2D eigenvalue weighted by Gasteiger charge is -2.16. The molecule has 0 bridgehead atoms. The number of hydrogen-bond acceptors (Lipinski definition) is 2. The second kappa shape index (κ2) is 6.80. The summed E-state index contributed by atoms with van der Waals surface area (Å²) in [7, 11) is 0. The van der Waals surface area contributed by atoms with Gasteiger partial charge in [0.2, 0.25) is 5.95 Å². The predicted molar refractivity (Wildman–Crippen MR) is 85.4 cm³/mol. The first kappa shape index (κ1) is 14.9. The summed E-state index contributed by atoms with van der Waals surface area (Å²) in [6.45, 7) is 7.37. The van der Waals surface area contributed by atoms with Crippen molar-refractivity contribution in [2.45, 2.75) is 46.2 Å². The molecule has 108 valence electrons. The first-order valence-corrected chi connectivity index (χ1v) is 7.53. The van der Waals surface area contributed by atoms with Crippen LogP contribution in [0.1, 0.15) is 44.0 Å². The number of hydrogen-bond donors (Lipinski definition) is 1. The summed E-state index contributed by atoms with van der Waals surface area (Å²) >= 11 is 5.93. The monoisotopic (exact) mass is 291 g/mol. The molecule has 1 aromatic carbocycles. The summed E-state index contributed by atoms with van der Waals surface area (Å²) in [6, 6.07) is 8.14. The first-order valence-electron chi connectivity index (χ1n) is 7.16. The number of benzene rings is 1. The Morgan fingerprint density at radius 1 is 1.30 bits per heavy atom. The van der Waals surface area contributed by atoms with Crippen LogP contribution in [0, 0.1) is 6.92 Å². The number of aryl methyl sites for hydroxylation is 2. The standard InChI is InChI=1S/C16H22ClN3/c1-4-5-10-20-11-12(2)18-16(20)19-13(3)14-6-8-15(17)9-7-14/h6-9,11,13H,4-5,10H2,1-3H3,(H,18,19). The third-order valence-electron chi connectivity index (χ3n) is 3.37. The zero-order valence-corrected chi connectivity index (χ0v) is 13.1. The Labute approximate surface area is 126 Å². The highest BCUT2D eigenvalue weighted by Gasteiger charge is 2.10. The fourth-order valence-electron chi connectivity index (χ4n) is 2.19. The van der Waals surface area contributed by atoms with E-state index in [1.807, 2.05) is 31.2 Å². The van der Waals surface area contributed by atoms with Crippen LogP contribution >= 0.6 is 11.6 Å². The summed E-state index contributed by atoms with van der Waals surface area (Å²) in [5, 5.41) is 4.25. The molecule has 2 rings (SSSR count). The molecule has 0 aliphatic rings. The molecular formula is C16H22ClN3. The van der Waals surface area contributed by atoms with E-state index >= 15 is 0 Å². The van der Waals surface area contributed by atoms with Gasteiger partial charge in [-0.2, -0.15) is 0 Å². The molecule has 0 aliphatic carbocycles. The Hall–Kier alpha value is -1.48. The second-order valence-corrected chi connectivity index (χ2v) is 5.61. The smallest absolute Gasteiger partial charge is 0.203 e. The number of nitrogens with one attached hydrogen (secondary N) is 1. The Morgan fingerprint density at radius 3 is 2.65 bits per heavy atom. The SMILES string of the molecule is CCCCn1cc(C)nc1NC(C)c1ccc(Cl)cc1. The normalized spacial score (nSPS) is 12.4. The van der Waals surface area contributed by atoms with Crippen LogP contribution in [0.25, 0.3) is 0 Å². The molecule has 0 aliphatic heterocycles. The molecule has 1 N–H and O–H groups in total. The molecule has 0 fully saturated rings. The molecule has 0 amide bonds. The largest absolute Gasteiger partial charge is 0.349 e. The molecule has 1 atom stereocenters. The van der Waals surface area contributed by atoms with E-state index in [4.69, 9.17) is 11.6 Å². The van der Waals surface area contributed by atoms with Crippen molar-refractivity contribution in [1.29, 1.82) is 0 Å². The summed E-state index contributed by atoms with van der Waals surface area (Å²) in [5.41, 5.74) is 2.25. The van der Waals surface area contributed by atoms with Gasteiger partial charge in [0.05, 0.1) is 11.7 Å². The van der Waals surface area contributed by atoms with Crippen LogP contribution in [-0.2, 0) is 6.54 Å². The Bertz CT molecular complexity index is 545. The van der Waals surface area contributed by atoms with Gasteiger partial charge in [0.1, 0.15) is 0 Å². The van der Waals surface area contributed by atoms with Gasteiger partial charge in [-0.05, 0) is 38.0 Å². The van der Waals surface area contributed by atoms with Crippen LogP contribution in [0.4, 0.5) is 5.95 Å². The maximum absolute atomic E-state index is 5.93. The van der Waals surface area contributed by atoms with Gasteiger partial charge >= 0.3 is 0 Å². The molecule has 20 heavy (non-hydrogen) atoms. The van der Waals surface area contributed by atoms with Gasteiger partial charge in [0, 0.05) is 17.8 Å². The second-order valence-electron chi connectivity index (χ2n) is 5.17. The van der Waals surface area contributed by atoms with Gasteiger partial charge in [-0.15, -0.1) is 0 Å². The fraction of sp³-hybridized carbons (Fsp3) is 0.438. The van der Waals surface area contributed by atoms with Crippen molar-refractivity contribution < 1.29 is 0 Å². The van der Waals surface area contributed by atoms with Crippen LogP contribution in [-0.4, -0.2) is 9.55 Å². The zero-order chi connectivity index (χ0) is 14.5. The molecule has 2 aromatic rings. The number of nitrogens with zero attached hydrogens (tertiary/aromatic N) is 2. The average molecular weight is 292 g/mol. The summed E-state index contributed by atoms with van der Waals surface area (Å²) in [4.78, 5) is 4.57. The van der Waals surface area contributed by atoms with E-state index in [1.54, 1.807) is 0 Å². The molecule has 1 aromatic heterocycles. The highest BCUT2D eigenvalue weighted by atomic mass is 35.5. The van der Waals surface area contributed by atoms with E-state index in [-0.39, 0.29) is 6.04 Å². The maximum Gasteiger partial charge on any atom is 0.203 e. The highest BCUT2D eigenvalue weighted by molar-refractivity contribution is 6.30. The number of anilines is 1. The van der Waals surface area contributed by atoms with Crippen LogP contribution in [0.15, 0.2) is 30.5 Å². The van der Waals surface area contributed by atoms with Crippen molar-refractivity contribution in [3.8, 4) is 0 Å². The van der Waals surface area contributed by atoms with Gasteiger partial charge in [0.15, 0.2) is 0 Å². The minimum atomic E-state index is 0.203. The van der Waals surface area contributed by atoms with Gasteiger partial charge in [0.25, 0.3) is 0 Å². The van der Waals surface area contributed by atoms with Gasteiger partial charge < -0.3 is 9.88 Å². The van der Waals surface area contributed by atoms with Crippen molar-refractivity contribution in [2.24, 2.45) is 0 Å². The minimum absolute atomic E-state index is 0.203. The quantitative estimate of drug-likeness (QED) is 0.827. The lowest BCUT2D eigenvalue weighted by molar-refractivity contribution is 0.630. The maximum atomic E-state index is 5.93. The van der Waals surface area contributed by atoms with Crippen molar-refractivity contribution in [3.05, 3.63) is 46.7 Å². The number of aromatic nitrogens is 2. The molecular weight excluding hydrogens is 270 g/mol. The Morgan fingerprint density at radius 2 is 2.00 bits per heavy atom. The number of rotatable bonds is 6. The van der Waals surface area contributed by atoms with Gasteiger partial charge in [-0.1, -0.05) is 37.1 Å². The number of imidazole rings is 1. The van der Waals surface area contributed by atoms with Crippen LogP contribution < -0.4 is 5.32 Å². The highest BCUT2D eigenvalue weighted by Crippen LogP contribution is 2.21. The number of unbranched alkanes of at least 4 members (excludes halogenated alkanes) is 1. The van der Waals surface area contributed by atoms with Crippen LogP contribution in [0.2, 0.25) is 5.02 Å². The zero-order valence-electron chi connectivity index (χ0n) is 12.4. The predicted octanol–water partition coefficient (Wildman–Crippen LogP) is 4.82. The van der Waals surface area contributed by atoms with E-state index < -0.39 is 0 Å². The molecule has 1 unspecified atom stereocenters. The van der Waals surface area contributed by atoms with E-state index in [2.05, 4.69) is 34.9 Å². The third-order valence-corrected chi connectivity index (χ3v) is 3.62. The van der Waals surface area contributed by atoms with Gasteiger partial charge in [-0.3, -0.25) is 0 Å².